The molecule has 1 aliphatic rings. The van der Waals surface area contributed by atoms with Gasteiger partial charge in [0, 0.05) is 11.8 Å². The Morgan fingerprint density at radius 2 is 2.00 bits per heavy atom. The summed E-state index contributed by atoms with van der Waals surface area (Å²) in [5.74, 6) is 0.202. The fourth-order valence-electron chi connectivity index (χ4n) is 2.99. The highest BCUT2D eigenvalue weighted by atomic mass is 35.5. The van der Waals surface area contributed by atoms with Crippen LogP contribution >= 0.6 is 22.9 Å². The Hall–Kier alpha value is -1.85. The highest BCUT2D eigenvalue weighted by Crippen LogP contribution is 2.40. The molecule has 0 spiro atoms. The lowest BCUT2D eigenvalue weighted by molar-refractivity contribution is -0.114. The molecule has 1 atom stereocenters. The van der Waals surface area contributed by atoms with Crippen molar-refractivity contribution in [1.82, 2.24) is 0 Å². The first-order valence-electron chi connectivity index (χ1n) is 7.93. The van der Waals surface area contributed by atoms with Crippen LogP contribution in [-0.2, 0) is 17.6 Å². The van der Waals surface area contributed by atoms with E-state index in [1.54, 1.807) is 12.1 Å². The Bertz CT molecular complexity index is 800. The molecule has 1 aliphatic carbocycles. The summed E-state index contributed by atoms with van der Waals surface area (Å²) in [6, 6.07) is 7.13. The van der Waals surface area contributed by atoms with Gasteiger partial charge in [-0.3, -0.25) is 9.59 Å². The molecule has 0 radical (unpaired) electrons. The summed E-state index contributed by atoms with van der Waals surface area (Å²) in [5, 5.41) is 6.81. The standard InChI is InChI=1S/C18H19ClN2O2S/c1-10-7-8-12-15(9-10)24-18(20-11(2)22)16(12)17(23)21-14-6-4-3-5-13(14)19/h3-6,10H,7-9H2,1-2H3,(H,20,22)(H,21,23). The molecular formula is C18H19ClN2O2S. The molecule has 1 heterocycles. The minimum absolute atomic E-state index is 0.173. The average Bonchev–Trinajstić information content (AvgIpc) is 2.85. The molecule has 4 nitrogen and oxygen atoms in total. The fraction of sp³-hybridized carbons (Fsp3) is 0.333. The van der Waals surface area contributed by atoms with Crippen molar-refractivity contribution in [2.45, 2.75) is 33.1 Å². The summed E-state index contributed by atoms with van der Waals surface area (Å²) in [5.41, 5.74) is 2.21. The summed E-state index contributed by atoms with van der Waals surface area (Å²) in [6.45, 7) is 3.67. The van der Waals surface area contributed by atoms with Gasteiger partial charge in [-0.2, -0.15) is 0 Å². The quantitative estimate of drug-likeness (QED) is 0.828. The Balaban J connectivity index is 1.97. The van der Waals surface area contributed by atoms with Gasteiger partial charge in [0.05, 0.1) is 16.3 Å². The van der Waals surface area contributed by atoms with Crippen molar-refractivity contribution in [3.8, 4) is 0 Å². The average molecular weight is 363 g/mol. The third-order valence-corrected chi connectivity index (χ3v) is 5.65. The van der Waals surface area contributed by atoms with Crippen molar-refractivity contribution in [1.29, 1.82) is 0 Å². The van der Waals surface area contributed by atoms with Gasteiger partial charge in [0.2, 0.25) is 5.91 Å². The van der Waals surface area contributed by atoms with Gasteiger partial charge < -0.3 is 10.6 Å². The first kappa shape index (κ1) is 17.0. The molecule has 6 heteroatoms. The van der Waals surface area contributed by atoms with E-state index < -0.39 is 0 Å². The SMILES string of the molecule is CC(=O)Nc1sc2c(c1C(=O)Nc1ccccc1Cl)CCC(C)C2. The lowest BCUT2D eigenvalue weighted by Gasteiger charge is -2.18. The van der Waals surface area contributed by atoms with Gasteiger partial charge in [-0.1, -0.05) is 30.7 Å². The highest BCUT2D eigenvalue weighted by molar-refractivity contribution is 7.17. The first-order chi connectivity index (χ1) is 11.5. The molecular weight excluding hydrogens is 344 g/mol. The summed E-state index contributed by atoms with van der Waals surface area (Å²) >= 11 is 7.65. The largest absolute Gasteiger partial charge is 0.321 e. The molecule has 0 bridgehead atoms. The molecule has 126 valence electrons. The smallest absolute Gasteiger partial charge is 0.258 e. The van der Waals surface area contributed by atoms with E-state index in [1.807, 2.05) is 12.1 Å². The molecule has 24 heavy (non-hydrogen) atoms. The molecule has 2 aromatic rings. The zero-order valence-corrected chi connectivity index (χ0v) is 15.2. The Kier molecular flexibility index (Phi) is 4.92. The van der Waals surface area contributed by atoms with Gasteiger partial charge in [0.1, 0.15) is 5.00 Å². The fourth-order valence-corrected chi connectivity index (χ4v) is 4.62. The van der Waals surface area contributed by atoms with Crippen LogP contribution in [0.5, 0.6) is 0 Å². The predicted molar refractivity (Wildman–Crippen MR) is 99.2 cm³/mol. The summed E-state index contributed by atoms with van der Waals surface area (Å²) in [4.78, 5) is 25.6. The molecule has 1 unspecified atom stereocenters. The van der Waals surface area contributed by atoms with E-state index >= 15 is 0 Å². The lowest BCUT2D eigenvalue weighted by Crippen LogP contribution is -2.18. The van der Waals surface area contributed by atoms with Crippen LogP contribution in [-0.4, -0.2) is 11.8 Å². The van der Waals surface area contributed by atoms with Crippen LogP contribution in [0.2, 0.25) is 5.02 Å². The number of thiophene rings is 1. The minimum atomic E-state index is -0.223. The second kappa shape index (κ2) is 6.95. The Morgan fingerprint density at radius 3 is 2.71 bits per heavy atom. The van der Waals surface area contributed by atoms with E-state index in [4.69, 9.17) is 11.6 Å². The van der Waals surface area contributed by atoms with Gasteiger partial charge >= 0.3 is 0 Å². The normalized spacial score (nSPS) is 16.4. The summed E-state index contributed by atoms with van der Waals surface area (Å²) in [7, 11) is 0. The second-order valence-electron chi connectivity index (χ2n) is 6.17. The van der Waals surface area contributed by atoms with Crippen LogP contribution in [0.25, 0.3) is 0 Å². The maximum atomic E-state index is 12.9. The summed E-state index contributed by atoms with van der Waals surface area (Å²) in [6.07, 6.45) is 2.86. The number of carbonyl (C=O) groups excluding carboxylic acids is 2. The van der Waals surface area contributed by atoms with E-state index in [9.17, 15) is 9.59 Å². The van der Waals surface area contributed by atoms with Crippen molar-refractivity contribution in [3.05, 3.63) is 45.3 Å². The monoisotopic (exact) mass is 362 g/mol. The van der Waals surface area contributed by atoms with Crippen LogP contribution in [0.1, 0.15) is 41.1 Å². The van der Waals surface area contributed by atoms with E-state index in [-0.39, 0.29) is 11.8 Å². The van der Waals surface area contributed by atoms with Crippen molar-refractivity contribution < 1.29 is 9.59 Å². The topological polar surface area (TPSA) is 58.2 Å². The zero-order chi connectivity index (χ0) is 17.3. The molecule has 2 N–H and O–H groups in total. The molecule has 1 aromatic heterocycles. The second-order valence-corrected chi connectivity index (χ2v) is 7.68. The lowest BCUT2D eigenvalue weighted by atomic mass is 9.88. The van der Waals surface area contributed by atoms with Crippen LogP contribution in [0.4, 0.5) is 10.7 Å². The van der Waals surface area contributed by atoms with Gasteiger partial charge in [-0.25, -0.2) is 0 Å². The molecule has 0 saturated carbocycles. The van der Waals surface area contributed by atoms with E-state index in [0.717, 1.165) is 24.8 Å². The highest BCUT2D eigenvalue weighted by Gasteiger charge is 2.28. The van der Waals surface area contributed by atoms with Crippen molar-refractivity contribution in [3.63, 3.8) is 0 Å². The van der Waals surface area contributed by atoms with E-state index in [0.29, 0.717) is 27.2 Å². The van der Waals surface area contributed by atoms with Crippen molar-refractivity contribution in [2.75, 3.05) is 10.6 Å². The van der Waals surface area contributed by atoms with Crippen molar-refractivity contribution in [2.24, 2.45) is 5.92 Å². The Morgan fingerprint density at radius 1 is 1.25 bits per heavy atom. The number of halogens is 1. The number of amides is 2. The molecule has 2 amide bonds. The van der Waals surface area contributed by atoms with Gasteiger partial charge in [-0.15, -0.1) is 11.3 Å². The zero-order valence-electron chi connectivity index (χ0n) is 13.6. The minimum Gasteiger partial charge on any atom is -0.321 e. The predicted octanol–water partition coefficient (Wildman–Crippen LogP) is 4.74. The first-order valence-corrected chi connectivity index (χ1v) is 9.13. The van der Waals surface area contributed by atoms with Gasteiger partial charge in [0.15, 0.2) is 0 Å². The van der Waals surface area contributed by atoms with Gasteiger partial charge in [-0.05, 0) is 42.9 Å². The number of rotatable bonds is 3. The molecule has 0 aliphatic heterocycles. The summed E-state index contributed by atoms with van der Waals surface area (Å²) < 4.78 is 0. The van der Waals surface area contributed by atoms with Crippen LogP contribution in [0.15, 0.2) is 24.3 Å². The van der Waals surface area contributed by atoms with E-state index in [2.05, 4.69) is 17.6 Å². The number of benzene rings is 1. The molecule has 0 fully saturated rings. The van der Waals surface area contributed by atoms with Crippen molar-refractivity contribution >= 4 is 45.4 Å². The number of hydrogen-bond acceptors (Lipinski definition) is 3. The molecule has 1 aromatic carbocycles. The molecule has 3 rings (SSSR count). The number of fused-ring (bicyclic) bond motifs is 1. The third-order valence-electron chi connectivity index (χ3n) is 4.15. The maximum Gasteiger partial charge on any atom is 0.258 e. The number of anilines is 2. The van der Waals surface area contributed by atoms with Crippen LogP contribution in [0.3, 0.4) is 0 Å². The number of hydrogen-bond donors (Lipinski definition) is 2. The molecule has 0 saturated heterocycles. The van der Waals surface area contributed by atoms with E-state index in [1.165, 1.54) is 23.1 Å². The third kappa shape index (κ3) is 3.47. The number of nitrogens with one attached hydrogen (secondary N) is 2. The van der Waals surface area contributed by atoms with Gasteiger partial charge in [0.25, 0.3) is 5.91 Å². The number of para-hydroxylation sites is 1. The number of carbonyl (C=O) groups is 2. The maximum absolute atomic E-state index is 12.9. The van der Waals surface area contributed by atoms with Crippen LogP contribution in [0, 0.1) is 5.92 Å². The van der Waals surface area contributed by atoms with Crippen LogP contribution < -0.4 is 10.6 Å². The Labute approximate surface area is 150 Å².